The van der Waals surface area contributed by atoms with Crippen LogP contribution in [0.25, 0.3) is 0 Å². The van der Waals surface area contributed by atoms with E-state index in [2.05, 4.69) is 20.6 Å². The second kappa shape index (κ2) is 10.7. The number of nitrogens with one attached hydrogen (secondary N) is 2. The van der Waals surface area contributed by atoms with Crippen LogP contribution in [0, 0.1) is 22.0 Å². The zero-order valence-corrected chi connectivity index (χ0v) is 17.3. The van der Waals surface area contributed by atoms with Crippen molar-refractivity contribution in [1.29, 1.82) is 0 Å². The second-order valence-corrected chi connectivity index (χ2v) is 7.71. The summed E-state index contributed by atoms with van der Waals surface area (Å²) in [5.41, 5.74) is 6.80. The minimum absolute atomic E-state index is 0.105. The molecule has 1 aliphatic rings. The number of aromatic nitrogens is 2. The third-order valence-corrected chi connectivity index (χ3v) is 5.68. The maximum Gasteiger partial charge on any atom is 0.329 e. The molecule has 1 fully saturated rings. The van der Waals surface area contributed by atoms with Gasteiger partial charge >= 0.3 is 5.69 Å². The Morgan fingerprint density at radius 1 is 1.17 bits per heavy atom. The van der Waals surface area contributed by atoms with Gasteiger partial charge in [-0.1, -0.05) is 12.1 Å². The number of hydrogen-bond donors (Lipinski definition) is 3. The Balaban J connectivity index is 1.56. The van der Waals surface area contributed by atoms with E-state index in [0.29, 0.717) is 30.9 Å². The molecule has 0 radical (unpaired) electrons. The van der Waals surface area contributed by atoms with E-state index in [1.807, 2.05) is 24.3 Å². The Morgan fingerprint density at radius 3 is 2.50 bits per heavy atom. The summed E-state index contributed by atoms with van der Waals surface area (Å²) in [6.45, 7) is 2.02. The van der Waals surface area contributed by atoms with Crippen molar-refractivity contribution < 1.29 is 9.66 Å². The van der Waals surface area contributed by atoms with Crippen molar-refractivity contribution in [2.24, 2.45) is 17.6 Å². The Morgan fingerprint density at radius 2 is 1.87 bits per heavy atom. The van der Waals surface area contributed by atoms with Gasteiger partial charge in [0.25, 0.3) is 0 Å². The van der Waals surface area contributed by atoms with Gasteiger partial charge in [-0.25, -0.2) is 4.98 Å². The van der Waals surface area contributed by atoms with E-state index in [1.165, 1.54) is 6.20 Å². The zero-order valence-electron chi connectivity index (χ0n) is 17.3. The highest BCUT2D eigenvalue weighted by Crippen LogP contribution is 2.29. The molecule has 1 saturated carbocycles. The van der Waals surface area contributed by atoms with Crippen LogP contribution in [-0.4, -0.2) is 41.6 Å². The van der Waals surface area contributed by atoms with Gasteiger partial charge in [-0.15, -0.1) is 0 Å². The first-order valence-electron chi connectivity index (χ1n) is 10.4. The van der Waals surface area contributed by atoms with Crippen LogP contribution in [0.4, 0.5) is 17.5 Å². The van der Waals surface area contributed by atoms with Crippen LogP contribution in [-0.2, 0) is 6.42 Å². The molecule has 3 rings (SSSR count). The molecule has 162 valence electrons. The predicted octanol–water partition coefficient (Wildman–Crippen LogP) is 3.23. The van der Waals surface area contributed by atoms with E-state index in [1.54, 1.807) is 7.11 Å². The van der Waals surface area contributed by atoms with Crippen LogP contribution in [0.2, 0.25) is 0 Å². The fourth-order valence-electron chi connectivity index (χ4n) is 3.75. The summed E-state index contributed by atoms with van der Waals surface area (Å²) in [5, 5.41) is 17.7. The van der Waals surface area contributed by atoms with Crippen molar-refractivity contribution in [3.05, 3.63) is 46.1 Å². The molecular formula is C21H30N6O3. The van der Waals surface area contributed by atoms with Crippen LogP contribution in [0.15, 0.2) is 30.5 Å². The number of nitrogens with zero attached hydrogens (tertiary/aromatic N) is 3. The normalized spacial score (nSPS) is 18.6. The van der Waals surface area contributed by atoms with Gasteiger partial charge in [0, 0.05) is 13.1 Å². The summed E-state index contributed by atoms with van der Waals surface area (Å²) in [7, 11) is 1.64. The molecule has 0 saturated heterocycles. The molecule has 4 N–H and O–H groups in total. The van der Waals surface area contributed by atoms with Gasteiger partial charge in [0.2, 0.25) is 11.8 Å². The lowest BCUT2D eigenvalue weighted by Crippen LogP contribution is -2.25. The molecule has 1 aromatic carbocycles. The molecule has 9 heteroatoms. The van der Waals surface area contributed by atoms with E-state index in [4.69, 9.17) is 10.5 Å². The van der Waals surface area contributed by atoms with Crippen molar-refractivity contribution in [2.45, 2.75) is 32.1 Å². The number of ether oxygens (including phenoxy) is 1. The topological polar surface area (TPSA) is 128 Å². The van der Waals surface area contributed by atoms with E-state index in [0.717, 1.165) is 50.0 Å². The molecule has 1 heterocycles. The van der Waals surface area contributed by atoms with E-state index >= 15 is 0 Å². The quantitative estimate of drug-likeness (QED) is 0.399. The average molecular weight is 415 g/mol. The standard InChI is InChI=1S/C21H30N6O3/c1-30-18-8-6-15(7-9-18)10-11-23-21-25-14-19(27(28)29)20(26-21)24-13-17-4-2-16(12-22)3-5-17/h6-9,14,16-17H,2-5,10-13,22H2,1H3,(H2,23,24,25,26). The number of nitro groups is 1. The third-order valence-electron chi connectivity index (χ3n) is 5.68. The SMILES string of the molecule is COc1ccc(CCNc2ncc([N+](=O)[O-])c(NCC3CCC(CN)CC3)n2)cc1. The fourth-order valence-corrected chi connectivity index (χ4v) is 3.75. The van der Waals surface area contributed by atoms with Gasteiger partial charge in [0.05, 0.1) is 12.0 Å². The van der Waals surface area contributed by atoms with Gasteiger partial charge in [0.1, 0.15) is 11.9 Å². The van der Waals surface area contributed by atoms with Crippen molar-refractivity contribution in [2.75, 3.05) is 37.4 Å². The molecule has 0 amide bonds. The van der Waals surface area contributed by atoms with Gasteiger partial charge in [-0.3, -0.25) is 10.1 Å². The molecule has 2 aromatic rings. The highest BCUT2D eigenvalue weighted by Gasteiger charge is 2.22. The minimum Gasteiger partial charge on any atom is -0.497 e. The number of anilines is 2. The van der Waals surface area contributed by atoms with E-state index in [9.17, 15) is 10.1 Å². The molecule has 0 unspecified atom stereocenters. The molecule has 1 aromatic heterocycles. The lowest BCUT2D eigenvalue weighted by molar-refractivity contribution is -0.384. The van der Waals surface area contributed by atoms with Crippen LogP contribution >= 0.6 is 0 Å². The lowest BCUT2D eigenvalue weighted by Gasteiger charge is -2.27. The molecule has 0 bridgehead atoms. The Bertz CT molecular complexity index is 822. The first-order valence-corrected chi connectivity index (χ1v) is 10.4. The maximum absolute atomic E-state index is 11.4. The average Bonchev–Trinajstić information content (AvgIpc) is 2.78. The summed E-state index contributed by atoms with van der Waals surface area (Å²) >= 11 is 0. The summed E-state index contributed by atoms with van der Waals surface area (Å²) in [6.07, 6.45) is 6.44. The molecule has 30 heavy (non-hydrogen) atoms. The molecular weight excluding hydrogens is 384 g/mol. The molecule has 0 aliphatic heterocycles. The Hall–Kier alpha value is -2.94. The Kier molecular flexibility index (Phi) is 7.78. The summed E-state index contributed by atoms with van der Waals surface area (Å²) in [6, 6.07) is 7.84. The first kappa shape index (κ1) is 21.8. The van der Waals surface area contributed by atoms with Crippen LogP contribution in [0.5, 0.6) is 5.75 Å². The lowest BCUT2D eigenvalue weighted by atomic mass is 9.82. The second-order valence-electron chi connectivity index (χ2n) is 7.71. The first-order chi connectivity index (χ1) is 14.6. The molecule has 0 atom stereocenters. The summed E-state index contributed by atoms with van der Waals surface area (Å²) in [4.78, 5) is 19.4. The van der Waals surface area contributed by atoms with Gasteiger partial charge in [0.15, 0.2) is 0 Å². The van der Waals surface area contributed by atoms with Crippen LogP contribution in [0.3, 0.4) is 0 Å². The van der Waals surface area contributed by atoms with Crippen molar-refractivity contribution in [3.8, 4) is 5.75 Å². The molecule has 1 aliphatic carbocycles. The van der Waals surface area contributed by atoms with Crippen molar-refractivity contribution in [3.63, 3.8) is 0 Å². The zero-order chi connectivity index (χ0) is 21.3. The summed E-state index contributed by atoms with van der Waals surface area (Å²) < 4.78 is 5.16. The third kappa shape index (κ3) is 6.03. The monoisotopic (exact) mass is 414 g/mol. The maximum atomic E-state index is 11.4. The highest BCUT2D eigenvalue weighted by atomic mass is 16.6. The molecule has 0 spiro atoms. The minimum atomic E-state index is -0.450. The highest BCUT2D eigenvalue weighted by molar-refractivity contribution is 5.57. The van der Waals surface area contributed by atoms with Crippen molar-refractivity contribution in [1.82, 2.24) is 9.97 Å². The van der Waals surface area contributed by atoms with E-state index < -0.39 is 4.92 Å². The smallest absolute Gasteiger partial charge is 0.329 e. The van der Waals surface area contributed by atoms with Gasteiger partial charge in [-0.05, 0) is 68.2 Å². The van der Waals surface area contributed by atoms with Crippen molar-refractivity contribution >= 4 is 17.5 Å². The number of rotatable bonds is 10. The van der Waals surface area contributed by atoms with Gasteiger partial charge < -0.3 is 21.1 Å². The largest absolute Gasteiger partial charge is 0.497 e. The summed E-state index contributed by atoms with van der Waals surface area (Å²) in [5.74, 6) is 2.55. The number of hydrogen-bond acceptors (Lipinski definition) is 8. The molecule has 9 nitrogen and oxygen atoms in total. The van der Waals surface area contributed by atoms with Crippen LogP contribution in [0.1, 0.15) is 31.2 Å². The Labute approximate surface area is 176 Å². The number of benzene rings is 1. The number of methoxy groups -OCH3 is 1. The van der Waals surface area contributed by atoms with Gasteiger partial charge in [-0.2, -0.15) is 4.98 Å². The number of nitrogens with two attached hydrogens (primary N) is 1. The predicted molar refractivity (Wildman–Crippen MR) is 117 cm³/mol. The van der Waals surface area contributed by atoms with E-state index in [-0.39, 0.29) is 11.5 Å². The van der Waals surface area contributed by atoms with Crippen LogP contribution < -0.4 is 21.1 Å². The fraction of sp³-hybridized carbons (Fsp3) is 0.524.